The number of ether oxygens (including phenoxy) is 3. The second kappa shape index (κ2) is 9.62. The average molecular weight is 470 g/mol. The Bertz CT molecular complexity index is 1050. The third-order valence-electron chi connectivity index (χ3n) is 4.75. The molecule has 2 aromatic rings. The molecule has 0 saturated carbocycles. The van der Waals surface area contributed by atoms with Gasteiger partial charge in [0.15, 0.2) is 0 Å². The molecule has 0 radical (unpaired) electrons. The van der Waals surface area contributed by atoms with E-state index in [0.29, 0.717) is 29.4 Å². The van der Waals surface area contributed by atoms with E-state index < -0.39 is 23.4 Å². The van der Waals surface area contributed by atoms with Crippen LogP contribution in [0.4, 0.5) is 26.8 Å². The molecule has 8 nitrogen and oxygen atoms in total. The highest BCUT2D eigenvalue weighted by Gasteiger charge is 2.36. The molecule has 8 heteroatoms. The van der Waals surface area contributed by atoms with E-state index in [-0.39, 0.29) is 12.6 Å². The fourth-order valence-corrected chi connectivity index (χ4v) is 3.42. The van der Waals surface area contributed by atoms with Crippen LogP contribution in [0.1, 0.15) is 66.5 Å². The van der Waals surface area contributed by atoms with Crippen molar-refractivity contribution in [1.29, 1.82) is 0 Å². The number of fused-ring (bicyclic) bond motifs is 2. The quantitative estimate of drug-likeness (QED) is 0.522. The zero-order valence-corrected chi connectivity index (χ0v) is 21.3. The van der Waals surface area contributed by atoms with Gasteiger partial charge in [0.05, 0.1) is 30.6 Å². The summed E-state index contributed by atoms with van der Waals surface area (Å²) >= 11 is 0. The first-order valence-electron chi connectivity index (χ1n) is 11.5. The summed E-state index contributed by atoms with van der Waals surface area (Å²) < 4.78 is 17.2. The maximum Gasteiger partial charge on any atom is 0.420 e. The van der Waals surface area contributed by atoms with E-state index in [1.165, 1.54) is 9.80 Å². The van der Waals surface area contributed by atoms with E-state index in [2.05, 4.69) is 4.98 Å². The van der Waals surface area contributed by atoms with E-state index in [1.54, 1.807) is 18.3 Å². The van der Waals surface area contributed by atoms with E-state index in [9.17, 15) is 9.59 Å². The van der Waals surface area contributed by atoms with Gasteiger partial charge in [-0.1, -0.05) is 12.1 Å². The number of aromatic nitrogens is 1. The molecule has 0 bridgehead atoms. The summed E-state index contributed by atoms with van der Waals surface area (Å²) in [4.78, 5) is 34.2. The summed E-state index contributed by atoms with van der Waals surface area (Å²) in [6.07, 6.45) is 0.569. The van der Waals surface area contributed by atoms with Gasteiger partial charge in [-0.3, -0.25) is 4.90 Å². The number of hydrogen-bond acceptors (Lipinski definition) is 6. The summed E-state index contributed by atoms with van der Waals surface area (Å²) in [5.74, 6) is 0.412. The van der Waals surface area contributed by atoms with Crippen molar-refractivity contribution >= 4 is 29.4 Å². The van der Waals surface area contributed by atoms with Crippen molar-refractivity contribution in [2.24, 2.45) is 0 Å². The van der Waals surface area contributed by atoms with Crippen LogP contribution < -0.4 is 9.80 Å². The molecule has 0 atom stereocenters. The van der Waals surface area contributed by atoms with Crippen LogP contribution in [-0.2, 0) is 27.4 Å². The van der Waals surface area contributed by atoms with Gasteiger partial charge in [0.2, 0.25) is 0 Å². The lowest BCUT2D eigenvalue weighted by atomic mass is 10.1. The molecule has 34 heavy (non-hydrogen) atoms. The molecule has 2 amide bonds. The van der Waals surface area contributed by atoms with Crippen LogP contribution in [0.25, 0.3) is 0 Å². The number of nitrogens with zero attached hydrogens (tertiary/aromatic N) is 3. The summed E-state index contributed by atoms with van der Waals surface area (Å²) in [5.41, 5.74) is 1.15. The van der Waals surface area contributed by atoms with Gasteiger partial charge in [0.25, 0.3) is 0 Å². The molecule has 1 aliphatic rings. The average Bonchev–Trinajstić information content (AvgIpc) is 2.84. The Balaban J connectivity index is 2.18. The summed E-state index contributed by atoms with van der Waals surface area (Å²) in [6.45, 7) is 15.3. The standard InChI is InChI=1S/C26H35N3O5/c1-17(2)32-16-18-11-12-20-21(14-18)28(23(30)33-25(3,4)5)15-19-10-9-13-27-22(19)29(20)24(31)34-26(6,7)8/h9-14,17H,15-16H2,1-8H3. The first kappa shape index (κ1) is 25.5. The third-order valence-corrected chi connectivity index (χ3v) is 4.75. The highest BCUT2D eigenvalue weighted by atomic mass is 16.6. The maximum atomic E-state index is 13.4. The topological polar surface area (TPSA) is 81.2 Å². The van der Waals surface area contributed by atoms with Crippen molar-refractivity contribution in [3.8, 4) is 0 Å². The number of benzene rings is 1. The highest BCUT2D eigenvalue weighted by Crippen LogP contribution is 2.42. The Morgan fingerprint density at radius 2 is 1.62 bits per heavy atom. The number of anilines is 3. The summed E-state index contributed by atoms with van der Waals surface area (Å²) in [7, 11) is 0. The van der Waals surface area contributed by atoms with E-state index >= 15 is 0 Å². The molecule has 0 spiro atoms. The lowest BCUT2D eigenvalue weighted by molar-refractivity contribution is 0.0570. The number of carbonyl (C=O) groups excluding carboxylic acids is 2. The predicted octanol–water partition coefficient (Wildman–Crippen LogP) is 6.33. The number of pyridine rings is 1. The SMILES string of the molecule is CC(C)OCc1ccc2c(c1)N(C(=O)OC(C)(C)C)Cc1cccnc1N2C(=O)OC(C)(C)C. The Labute approximate surface area is 201 Å². The van der Waals surface area contributed by atoms with Crippen molar-refractivity contribution in [2.75, 3.05) is 9.80 Å². The summed E-state index contributed by atoms with van der Waals surface area (Å²) in [6, 6.07) is 9.13. The van der Waals surface area contributed by atoms with Gasteiger partial charge >= 0.3 is 12.2 Å². The van der Waals surface area contributed by atoms with Gasteiger partial charge in [-0.2, -0.15) is 0 Å². The van der Waals surface area contributed by atoms with Crippen LogP contribution in [0.2, 0.25) is 0 Å². The Kier molecular flexibility index (Phi) is 7.21. The molecule has 0 aliphatic carbocycles. The fraction of sp³-hybridized carbons (Fsp3) is 0.500. The van der Waals surface area contributed by atoms with E-state index in [1.807, 2.05) is 73.6 Å². The zero-order valence-electron chi connectivity index (χ0n) is 21.3. The van der Waals surface area contributed by atoms with Crippen LogP contribution in [0.3, 0.4) is 0 Å². The van der Waals surface area contributed by atoms with Crippen molar-refractivity contribution in [3.05, 3.63) is 47.7 Å². The molecule has 1 aromatic heterocycles. The number of rotatable bonds is 3. The molecular weight excluding hydrogens is 434 g/mol. The molecule has 0 unspecified atom stereocenters. The second-order valence-electron chi connectivity index (χ2n) is 10.6. The Hall–Kier alpha value is -3.13. The van der Waals surface area contributed by atoms with Gasteiger partial charge in [0.1, 0.15) is 17.0 Å². The first-order valence-corrected chi connectivity index (χ1v) is 11.5. The number of carbonyl (C=O) groups is 2. The molecule has 0 N–H and O–H groups in total. The van der Waals surface area contributed by atoms with Crippen molar-refractivity contribution in [3.63, 3.8) is 0 Å². The molecule has 0 fully saturated rings. The number of hydrogen-bond donors (Lipinski definition) is 0. The van der Waals surface area contributed by atoms with E-state index in [4.69, 9.17) is 14.2 Å². The molecule has 184 valence electrons. The normalized spacial score (nSPS) is 13.8. The largest absolute Gasteiger partial charge is 0.443 e. The van der Waals surface area contributed by atoms with Crippen LogP contribution in [-0.4, -0.2) is 34.5 Å². The lowest BCUT2D eigenvalue weighted by Gasteiger charge is -2.29. The molecule has 1 aliphatic heterocycles. The monoisotopic (exact) mass is 469 g/mol. The fourth-order valence-electron chi connectivity index (χ4n) is 3.42. The molecule has 1 aromatic carbocycles. The smallest absolute Gasteiger partial charge is 0.420 e. The van der Waals surface area contributed by atoms with E-state index in [0.717, 1.165) is 5.56 Å². The van der Waals surface area contributed by atoms with Gasteiger partial charge < -0.3 is 14.2 Å². The minimum Gasteiger partial charge on any atom is -0.443 e. The van der Waals surface area contributed by atoms with Gasteiger partial charge in [-0.25, -0.2) is 19.5 Å². The minimum absolute atomic E-state index is 0.0486. The van der Waals surface area contributed by atoms with Crippen molar-refractivity contribution < 1.29 is 23.8 Å². The summed E-state index contributed by atoms with van der Waals surface area (Å²) in [5, 5.41) is 0. The maximum absolute atomic E-state index is 13.4. The molecule has 3 rings (SSSR count). The molecule has 0 saturated heterocycles. The lowest BCUT2D eigenvalue weighted by Crippen LogP contribution is -2.37. The number of amides is 2. The van der Waals surface area contributed by atoms with Crippen LogP contribution in [0, 0.1) is 0 Å². The van der Waals surface area contributed by atoms with Gasteiger partial charge in [-0.15, -0.1) is 0 Å². The second-order valence-corrected chi connectivity index (χ2v) is 10.6. The molecule has 2 heterocycles. The van der Waals surface area contributed by atoms with Gasteiger partial charge in [-0.05, 0) is 79.2 Å². The van der Waals surface area contributed by atoms with Crippen LogP contribution in [0.15, 0.2) is 36.5 Å². The Morgan fingerprint density at radius 1 is 0.971 bits per heavy atom. The first-order chi connectivity index (χ1) is 15.7. The minimum atomic E-state index is -0.714. The van der Waals surface area contributed by atoms with Gasteiger partial charge in [0, 0.05) is 11.8 Å². The highest BCUT2D eigenvalue weighted by molar-refractivity contribution is 6.04. The van der Waals surface area contributed by atoms with Crippen molar-refractivity contribution in [1.82, 2.24) is 4.98 Å². The van der Waals surface area contributed by atoms with Crippen LogP contribution >= 0.6 is 0 Å². The predicted molar refractivity (Wildman–Crippen MR) is 131 cm³/mol. The zero-order chi connectivity index (χ0) is 25.3. The van der Waals surface area contributed by atoms with Crippen LogP contribution in [0.5, 0.6) is 0 Å². The molecular formula is C26H35N3O5. The Morgan fingerprint density at radius 3 is 2.24 bits per heavy atom. The third kappa shape index (κ3) is 6.26. The van der Waals surface area contributed by atoms with Crippen molar-refractivity contribution in [2.45, 2.75) is 85.8 Å².